The van der Waals surface area contributed by atoms with Gasteiger partial charge in [0.25, 0.3) is 0 Å². The topological polar surface area (TPSA) is 52.9 Å². The molecule has 0 aromatic heterocycles. The molecule has 1 fully saturated rings. The van der Waals surface area contributed by atoms with Gasteiger partial charge < -0.3 is 5.32 Å². The van der Waals surface area contributed by atoms with Gasteiger partial charge in [0.2, 0.25) is 5.91 Å². The van der Waals surface area contributed by atoms with E-state index in [0.717, 1.165) is 38.6 Å². The third-order valence-electron chi connectivity index (χ3n) is 2.44. The quantitative estimate of drug-likeness (QED) is 0.615. The summed E-state index contributed by atoms with van der Waals surface area (Å²) in [5.74, 6) is 0.366. The molecule has 0 aromatic rings. The first kappa shape index (κ1) is 10.0. The van der Waals surface area contributed by atoms with Gasteiger partial charge >= 0.3 is 0 Å². The second-order valence-electron chi connectivity index (χ2n) is 3.56. The van der Waals surface area contributed by atoms with Crippen molar-refractivity contribution < 1.29 is 4.79 Å². The summed E-state index contributed by atoms with van der Waals surface area (Å²) in [7, 11) is 0. The molecule has 72 valence electrons. The molecule has 0 saturated carbocycles. The maximum atomic E-state index is 11.1. The number of nitrogens with zero attached hydrogens (tertiary/aromatic N) is 1. The van der Waals surface area contributed by atoms with Crippen molar-refractivity contribution in [3.05, 3.63) is 0 Å². The Morgan fingerprint density at radius 2 is 2.08 bits per heavy atom. The predicted molar refractivity (Wildman–Crippen MR) is 49.8 cm³/mol. The lowest BCUT2D eigenvalue weighted by Crippen LogP contribution is -2.25. The van der Waals surface area contributed by atoms with Gasteiger partial charge in [-0.25, -0.2) is 0 Å². The van der Waals surface area contributed by atoms with Gasteiger partial charge in [0.1, 0.15) is 0 Å². The van der Waals surface area contributed by atoms with Crippen molar-refractivity contribution in [2.24, 2.45) is 5.92 Å². The van der Waals surface area contributed by atoms with Gasteiger partial charge in [0.05, 0.1) is 6.07 Å². The fourth-order valence-electron chi connectivity index (χ4n) is 1.61. The van der Waals surface area contributed by atoms with Crippen molar-refractivity contribution in [3.8, 4) is 6.07 Å². The van der Waals surface area contributed by atoms with Gasteiger partial charge in [0.15, 0.2) is 0 Å². The maximum Gasteiger partial charge on any atom is 0.219 e. The average molecular weight is 180 g/mol. The largest absolute Gasteiger partial charge is 0.356 e. The number of hydrogen-bond donors (Lipinski definition) is 1. The predicted octanol–water partition coefficient (Wildman–Crippen LogP) is 1.60. The standard InChI is InChI=1S/C10H16N2O/c11-8-9-4-1-2-6-10(13)12-7-3-5-9/h9H,1-7H2,(H,12,13). The highest BCUT2D eigenvalue weighted by atomic mass is 16.1. The molecule has 1 unspecified atom stereocenters. The summed E-state index contributed by atoms with van der Waals surface area (Å²) in [4.78, 5) is 11.1. The molecule has 1 aliphatic heterocycles. The second kappa shape index (κ2) is 5.58. The highest BCUT2D eigenvalue weighted by Crippen LogP contribution is 2.15. The molecule has 1 atom stereocenters. The molecule has 3 nitrogen and oxygen atoms in total. The number of carbonyl (C=O) groups is 1. The van der Waals surface area contributed by atoms with Crippen molar-refractivity contribution in [1.82, 2.24) is 5.32 Å². The summed E-state index contributed by atoms with van der Waals surface area (Å²) in [5.41, 5.74) is 0. The Morgan fingerprint density at radius 1 is 1.31 bits per heavy atom. The van der Waals surface area contributed by atoms with Crippen LogP contribution in [-0.2, 0) is 4.79 Å². The van der Waals surface area contributed by atoms with Crippen molar-refractivity contribution >= 4 is 5.91 Å². The highest BCUT2D eigenvalue weighted by molar-refractivity contribution is 5.75. The highest BCUT2D eigenvalue weighted by Gasteiger charge is 2.10. The number of hydrogen-bond acceptors (Lipinski definition) is 2. The average Bonchev–Trinajstić information content (AvgIpc) is 2.16. The lowest BCUT2D eigenvalue weighted by molar-refractivity contribution is -0.121. The summed E-state index contributed by atoms with van der Waals surface area (Å²) in [6.45, 7) is 0.733. The van der Waals surface area contributed by atoms with Crippen LogP contribution in [0.2, 0.25) is 0 Å². The molecule has 1 heterocycles. The van der Waals surface area contributed by atoms with Gasteiger partial charge in [-0.05, 0) is 25.7 Å². The van der Waals surface area contributed by atoms with Crippen LogP contribution in [-0.4, -0.2) is 12.5 Å². The van der Waals surface area contributed by atoms with E-state index in [1.807, 2.05) is 0 Å². The van der Waals surface area contributed by atoms with Crippen LogP contribution >= 0.6 is 0 Å². The molecule has 13 heavy (non-hydrogen) atoms. The molecular formula is C10H16N2O. The summed E-state index contributed by atoms with van der Waals surface area (Å²) in [6, 6.07) is 2.32. The molecular weight excluding hydrogens is 164 g/mol. The van der Waals surface area contributed by atoms with Crippen LogP contribution in [0.4, 0.5) is 0 Å². The van der Waals surface area contributed by atoms with Crippen molar-refractivity contribution in [2.75, 3.05) is 6.54 Å². The van der Waals surface area contributed by atoms with Crippen LogP contribution in [0.15, 0.2) is 0 Å². The molecule has 1 amide bonds. The van der Waals surface area contributed by atoms with E-state index in [1.54, 1.807) is 0 Å². The zero-order valence-electron chi connectivity index (χ0n) is 7.88. The second-order valence-corrected chi connectivity index (χ2v) is 3.56. The molecule has 1 saturated heterocycles. The molecule has 0 aromatic carbocycles. The molecule has 0 spiro atoms. The van der Waals surface area contributed by atoms with Crippen LogP contribution in [0.1, 0.15) is 38.5 Å². The van der Waals surface area contributed by atoms with Crippen LogP contribution in [0.5, 0.6) is 0 Å². The minimum atomic E-state index is 0.162. The van der Waals surface area contributed by atoms with Crippen molar-refractivity contribution in [1.29, 1.82) is 5.26 Å². The van der Waals surface area contributed by atoms with E-state index < -0.39 is 0 Å². The number of carbonyl (C=O) groups excluding carboxylic acids is 1. The molecule has 1 rings (SSSR count). The Hall–Kier alpha value is -1.04. The molecule has 3 heteroatoms. The van der Waals surface area contributed by atoms with Gasteiger partial charge in [-0.1, -0.05) is 6.42 Å². The van der Waals surface area contributed by atoms with Crippen LogP contribution < -0.4 is 5.32 Å². The van der Waals surface area contributed by atoms with Crippen LogP contribution in [0.25, 0.3) is 0 Å². The Kier molecular flexibility index (Phi) is 4.31. The van der Waals surface area contributed by atoms with Crippen molar-refractivity contribution in [3.63, 3.8) is 0 Å². The first-order valence-electron chi connectivity index (χ1n) is 4.99. The van der Waals surface area contributed by atoms with Crippen molar-refractivity contribution in [2.45, 2.75) is 38.5 Å². The molecule has 0 radical (unpaired) electrons. The van der Waals surface area contributed by atoms with E-state index in [1.165, 1.54) is 0 Å². The first-order chi connectivity index (χ1) is 6.33. The fourth-order valence-corrected chi connectivity index (χ4v) is 1.61. The maximum absolute atomic E-state index is 11.1. The third-order valence-corrected chi connectivity index (χ3v) is 2.44. The lowest BCUT2D eigenvalue weighted by Gasteiger charge is -2.12. The first-order valence-corrected chi connectivity index (χ1v) is 4.99. The van der Waals surface area contributed by atoms with E-state index in [4.69, 9.17) is 5.26 Å². The summed E-state index contributed by atoms with van der Waals surface area (Å²) in [6.07, 6.45) is 5.37. The van der Waals surface area contributed by atoms with Gasteiger partial charge in [0, 0.05) is 18.9 Å². The van der Waals surface area contributed by atoms with E-state index in [0.29, 0.717) is 6.42 Å². The van der Waals surface area contributed by atoms with Gasteiger partial charge in [-0.3, -0.25) is 4.79 Å². The van der Waals surface area contributed by atoms with E-state index >= 15 is 0 Å². The third kappa shape index (κ3) is 3.93. The normalized spacial score (nSPS) is 25.8. The Bertz CT molecular complexity index is 193. The Labute approximate surface area is 79.1 Å². The molecule has 1 aliphatic rings. The summed E-state index contributed by atoms with van der Waals surface area (Å²) in [5, 5.41) is 11.6. The number of amides is 1. The van der Waals surface area contributed by atoms with Gasteiger partial charge in [-0.2, -0.15) is 5.26 Å². The van der Waals surface area contributed by atoms with Gasteiger partial charge in [-0.15, -0.1) is 0 Å². The minimum Gasteiger partial charge on any atom is -0.356 e. The van der Waals surface area contributed by atoms with E-state index in [9.17, 15) is 4.79 Å². The van der Waals surface area contributed by atoms with E-state index in [2.05, 4.69) is 11.4 Å². The summed E-state index contributed by atoms with van der Waals surface area (Å²) >= 11 is 0. The zero-order chi connectivity index (χ0) is 9.52. The Morgan fingerprint density at radius 3 is 2.85 bits per heavy atom. The Balaban J connectivity index is 2.33. The SMILES string of the molecule is N#CC1CCCCC(=O)NCCC1. The smallest absolute Gasteiger partial charge is 0.219 e. The number of nitriles is 1. The molecule has 0 bridgehead atoms. The minimum absolute atomic E-state index is 0.162. The summed E-state index contributed by atoms with van der Waals surface area (Å²) < 4.78 is 0. The zero-order valence-corrected chi connectivity index (χ0v) is 7.88. The molecule has 1 N–H and O–H groups in total. The monoisotopic (exact) mass is 180 g/mol. The molecule has 0 aliphatic carbocycles. The number of nitrogens with one attached hydrogen (secondary N) is 1. The van der Waals surface area contributed by atoms with Crippen LogP contribution in [0, 0.1) is 17.2 Å². The van der Waals surface area contributed by atoms with E-state index in [-0.39, 0.29) is 11.8 Å². The fraction of sp³-hybridized carbons (Fsp3) is 0.800. The number of rotatable bonds is 0. The lowest BCUT2D eigenvalue weighted by atomic mass is 9.97. The van der Waals surface area contributed by atoms with Crippen LogP contribution in [0.3, 0.4) is 0 Å².